The molecule has 4 heterocycles. The molecule has 0 spiro atoms. The maximum absolute atomic E-state index is 12.6. The third-order valence-electron chi connectivity index (χ3n) is 8.10. The Morgan fingerprint density at radius 1 is 1.26 bits per heavy atom. The van der Waals surface area contributed by atoms with Gasteiger partial charge in [0.2, 0.25) is 5.91 Å². The average molecular weight is 481 g/mol. The van der Waals surface area contributed by atoms with E-state index in [1.54, 1.807) is 0 Å². The number of nitrogens with zero attached hydrogens (tertiary/aromatic N) is 4. The lowest BCUT2D eigenvalue weighted by Gasteiger charge is -2.43. The number of hydrogen-bond acceptors (Lipinski definition) is 6. The van der Waals surface area contributed by atoms with Crippen molar-refractivity contribution in [2.45, 2.75) is 64.0 Å². The van der Waals surface area contributed by atoms with E-state index in [-0.39, 0.29) is 11.9 Å². The van der Waals surface area contributed by atoms with Gasteiger partial charge in [-0.25, -0.2) is 0 Å². The number of amidine groups is 1. The molecule has 2 N–H and O–H groups in total. The van der Waals surface area contributed by atoms with Crippen LogP contribution in [0.15, 0.2) is 39.7 Å². The van der Waals surface area contributed by atoms with Gasteiger partial charge in [0.15, 0.2) is 0 Å². The van der Waals surface area contributed by atoms with Gasteiger partial charge in [-0.2, -0.15) is 5.10 Å². The monoisotopic (exact) mass is 480 g/mol. The fourth-order valence-electron chi connectivity index (χ4n) is 6.07. The number of carbonyl (C=O) groups is 1. The topological polar surface area (TPSA) is 84.3 Å². The van der Waals surface area contributed by atoms with Crippen LogP contribution in [0.5, 0.6) is 0 Å². The number of ether oxygens (including phenoxy) is 1. The second kappa shape index (κ2) is 10.6. The van der Waals surface area contributed by atoms with Crippen LogP contribution in [0.3, 0.4) is 0 Å². The highest BCUT2D eigenvalue weighted by Gasteiger charge is 2.35. The number of fused-ring (bicyclic) bond motifs is 1. The van der Waals surface area contributed by atoms with Crippen LogP contribution in [0.2, 0.25) is 0 Å². The van der Waals surface area contributed by atoms with Crippen molar-refractivity contribution in [1.82, 2.24) is 20.1 Å². The molecule has 5 aliphatic rings. The summed E-state index contributed by atoms with van der Waals surface area (Å²) < 4.78 is 5.55. The number of carbonyl (C=O) groups excluding carboxylic acids is 1. The van der Waals surface area contributed by atoms with Gasteiger partial charge in [-0.15, -0.1) is 0 Å². The van der Waals surface area contributed by atoms with Crippen molar-refractivity contribution in [2.24, 2.45) is 11.0 Å². The van der Waals surface area contributed by atoms with Gasteiger partial charge in [-0.3, -0.25) is 15.2 Å². The standard InChI is InChI=1S/C27H40N6O2/c1-3-26(34)32-12-8-24(30-22-9-13-35-14-10-22)23(18-32)27(28)33-11-4-5-20-15-19(6-7-25(20)33)21-16-29-31(2)17-21/h6,15-16,21-22,25,28,30H,3-5,7-14,17-18H2,1-2H3. The Morgan fingerprint density at radius 2 is 2.09 bits per heavy atom. The number of allylic oxidation sites excluding steroid dienone is 1. The predicted octanol–water partition coefficient (Wildman–Crippen LogP) is 2.90. The molecule has 2 unspecified atom stereocenters. The Bertz CT molecular complexity index is 961. The predicted molar refractivity (Wildman–Crippen MR) is 138 cm³/mol. The molecule has 2 saturated heterocycles. The summed E-state index contributed by atoms with van der Waals surface area (Å²) in [5.41, 5.74) is 4.98. The lowest BCUT2D eigenvalue weighted by atomic mass is 9.83. The number of piperidine rings is 1. The van der Waals surface area contributed by atoms with Crippen LogP contribution in [-0.4, -0.2) is 91.3 Å². The van der Waals surface area contributed by atoms with Crippen molar-refractivity contribution < 1.29 is 9.53 Å². The zero-order valence-electron chi connectivity index (χ0n) is 21.3. The normalized spacial score (nSPS) is 27.5. The fourth-order valence-corrected chi connectivity index (χ4v) is 6.07. The van der Waals surface area contributed by atoms with Gasteiger partial charge in [0, 0.05) is 82.2 Å². The van der Waals surface area contributed by atoms with Crippen LogP contribution < -0.4 is 5.32 Å². The van der Waals surface area contributed by atoms with E-state index in [0.717, 1.165) is 82.6 Å². The molecule has 8 nitrogen and oxygen atoms in total. The van der Waals surface area contributed by atoms with E-state index >= 15 is 0 Å². The Morgan fingerprint density at radius 3 is 2.83 bits per heavy atom. The van der Waals surface area contributed by atoms with Crippen molar-refractivity contribution in [3.05, 3.63) is 34.6 Å². The second-order valence-electron chi connectivity index (χ2n) is 10.4. The van der Waals surface area contributed by atoms with Gasteiger partial charge in [-0.1, -0.05) is 19.1 Å². The molecule has 2 fully saturated rings. The molecule has 2 atom stereocenters. The molecule has 0 bridgehead atoms. The van der Waals surface area contributed by atoms with E-state index in [1.807, 2.05) is 23.9 Å². The van der Waals surface area contributed by atoms with E-state index in [1.165, 1.54) is 11.1 Å². The highest BCUT2D eigenvalue weighted by Crippen LogP contribution is 2.35. The number of hydrogen-bond donors (Lipinski definition) is 2. The summed E-state index contributed by atoms with van der Waals surface area (Å²) >= 11 is 0. The van der Waals surface area contributed by atoms with Crippen LogP contribution in [0.4, 0.5) is 0 Å². The van der Waals surface area contributed by atoms with Gasteiger partial charge in [0.25, 0.3) is 0 Å². The maximum Gasteiger partial charge on any atom is 0.222 e. The summed E-state index contributed by atoms with van der Waals surface area (Å²) in [7, 11) is 2.02. The molecule has 1 amide bonds. The largest absolute Gasteiger partial charge is 0.385 e. The molecule has 0 saturated carbocycles. The van der Waals surface area contributed by atoms with Gasteiger partial charge < -0.3 is 19.9 Å². The lowest BCUT2D eigenvalue weighted by Crippen LogP contribution is -2.50. The van der Waals surface area contributed by atoms with Gasteiger partial charge in [-0.05, 0) is 43.3 Å². The molecule has 0 aromatic heterocycles. The van der Waals surface area contributed by atoms with Gasteiger partial charge >= 0.3 is 0 Å². The summed E-state index contributed by atoms with van der Waals surface area (Å²) in [6.45, 7) is 6.60. The Hall–Kier alpha value is -2.61. The molecule has 5 rings (SSSR count). The molecule has 35 heavy (non-hydrogen) atoms. The Balaban J connectivity index is 1.36. The minimum absolute atomic E-state index is 0.174. The summed E-state index contributed by atoms with van der Waals surface area (Å²) in [5.74, 6) is 1.14. The van der Waals surface area contributed by atoms with Crippen LogP contribution >= 0.6 is 0 Å². The molecule has 1 aliphatic carbocycles. The zero-order chi connectivity index (χ0) is 24.4. The van der Waals surface area contributed by atoms with E-state index < -0.39 is 0 Å². The Labute approximate surface area is 209 Å². The van der Waals surface area contributed by atoms with Crippen molar-refractivity contribution in [3.8, 4) is 0 Å². The first-order chi connectivity index (χ1) is 17.0. The van der Waals surface area contributed by atoms with Crippen molar-refractivity contribution in [2.75, 3.05) is 46.4 Å². The van der Waals surface area contributed by atoms with Crippen LogP contribution in [0.1, 0.15) is 51.9 Å². The lowest BCUT2D eigenvalue weighted by molar-refractivity contribution is -0.130. The quantitative estimate of drug-likeness (QED) is 0.467. The second-order valence-corrected chi connectivity index (χ2v) is 10.4. The number of amides is 1. The average Bonchev–Trinajstić information content (AvgIpc) is 3.34. The number of rotatable bonds is 5. The molecular weight excluding hydrogens is 440 g/mol. The minimum atomic E-state index is 0.174. The first kappa shape index (κ1) is 24.1. The SMILES string of the molecule is CCC(=O)N1CCC(NC2CCOCC2)=C(C(=N)N2CCCC3=CC(C4C=NN(C)C4)=CCC32)C1. The minimum Gasteiger partial charge on any atom is -0.385 e. The maximum atomic E-state index is 12.6. The summed E-state index contributed by atoms with van der Waals surface area (Å²) in [6, 6.07) is 0.628. The third kappa shape index (κ3) is 5.17. The van der Waals surface area contributed by atoms with Crippen LogP contribution in [-0.2, 0) is 9.53 Å². The number of nitrogens with one attached hydrogen (secondary N) is 2. The number of hydrazone groups is 1. The van der Waals surface area contributed by atoms with Crippen molar-refractivity contribution in [1.29, 1.82) is 5.41 Å². The molecule has 0 aromatic carbocycles. The van der Waals surface area contributed by atoms with Gasteiger partial charge in [0.1, 0.15) is 5.84 Å². The summed E-state index contributed by atoms with van der Waals surface area (Å²) in [4.78, 5) is 16.8. The van der Waals surface area contributed by atoms with Crippen LogP contribution in [0.25, 0.3) is 0 Å². The van der Waals surface area contributed by atoms with Crippen LogP contribution in [0, 0.1) is 11.3 Å². The molecule has 0 aromatic rings. The highest BCUT2D eigenvalue weighted by atomic mass is 16.5. The first-order valence-electron chi connectivity index (χ1n) is 13.4. The Kier molecular flexibility index (Phi) is 7.27. The molecule has 0 radical (unpaired) electrons. The van der Waals surface area contributed by atoms with E-state index in [9.17, 15) is 10.2 Å². The van der Waals surface area contributed by atoms with Gasteiger partial charge in [0.05, 0.1) is 12.6 Å². The molecule has 8 heteroatoms. The molecule has 4 aliphatic heterocycles. The van der Waals surface area contributed by atoms with E-state index in [0.29, 0.717) is 30.8 Å². The summed E-state index contributed by atoms with van der Waals surface area (Å²) in [6.07, 6.45) is 13.2. The smallest absolute Gasteiger partial charge is 0.222 e. The molecule has 190 valence electrons. The molecular formula is C27H40N6O2. The zero-order valence-corrected chi connectivity index (χ0v) is 21.3. The fraction of sp³-hybridized carbons (Fsp3) is 0.667. The summed E-state index contributed by atoms with van der Waals surface area (Å²) in [5, 5.41) is 19.6. The first-order valence-corrected chi connectivity index (χ1v) is 13.4. The van der Waals surface area contributed by atoms with E-state index in [2.05, 4.69) is 33.7 Å². The van der Waals surface area contributed by atoms with E-state index in [4.69, 9.17) is 4.74 Å². The van der Waals surface area contributed by atoms with Crippen molar-refractivity contribution in [3.63, 3.8) is 0 Å². The van der Waals surface area contributed by atoms with Crippen molar-refractivity contribution >= 4 is 18.0 Å². The highest BCUT2D eigenvalue weighted by molar-refractivity contribution is 5.98. The number of likely N-dealkylation sites (tertiary alicyclic amines) is 1. The third-order valence-corrected chi connectivity index (χ3v) is 8.10.